The molecule has 0 bridgehead atoms. The number of rotatable bonds is 15. The number of benzene rings is 1. The minimum atomic E-state index is -1.09. The van der Waals surface area contributed by atoms with Crippen molar-refractivity contribution in [3.8, 4) is 5.75 Å². The third kappa shape index (κ3) is 10.4. The number of esters is 1. The van der Waals surface area contributed by atoms with Gasteiger partial charge in [-0.1, -0.05) is 19.4 Å². The molecule has 15 nitrogen and oxygen atoms in total. The lowest BCUT2D eigenvalue weighted by atomic mass is 9.93. The van der Waals surface area contributed by atoms with Gasteiger partial charge in [0.05, 0.1) is 18.7 Å². The van der Waals surface area contributed by atoms with Crippen molar-refractivity contribution >= 4 is 46.6 Å². The Labute approximate surface area is 310 Å². The van der Waals surface area contributed by atoms with Crippen LogP contribution < -0.4 is 15.4 Å². The van der Waals surface area contributed by atoms with Gasteiger partial charge in [-0.15, -0.1) is 0 Å². The van der Waals surface area contributed by atoms with Crippen molar-refractivity contribution in [3.63, 3.8) is 0 Å². The summed E-state index contributed by atoms with van der Waals surface area (Å²) in [5.41, 5.74) is 1.30. The average molecular weight is 737 g/mol. The molecular formula is C38H52N6O9. The number of nitrogens with one attached hydrogen (secondary N) is 2. The van der Waals surface area contributed by atoms with Crippen molar-refractivity contribution in [3.05, 3.63) is 35.5 Å². The van der Waals surface area contributed by atoms with Crippen molar-refractivity contribution in [2.75, 3.05) is 52.5 Å². The van der Waals surface area contributed by atoms with E-state index in [9.17, 15) is 28.8 Å². The molecule has 2 aliphatic heterocycles. The van der Waals surface area contributed by atoms with Crippen LogP contribution in [-0.2, 0) is 28.7 Å². The molecule has 1 aromatic carbocycles. The van der Waals surface area contributed by atoms with E-state index in [4.69, 9.17) is 14.2 Å². The number of hydrogen-bond acceptors (Lipinski definition) is 10. The van der Waals surface area contributed by atoms with Crippen molar-refractivity contribution in [1.82, 2.24) is 30.3 Å². The second kappa shape index (κ2) is 18.7. The number of fused-ring (bicyclic) bond motifs is 1. The number of aryl methyl sites for hydroxylation is 1. The van der Waals surface area contributed by atoms with Gasteiger partial charge in [0.25, 0.3) is 11.8 Å². The van der Waals surface area contributed by atoms with Crippen molar-refractivity contribution < 1.29 is 43.0 Å². The molecule has 3 fully saturated rings. The van der Waals surface area contributed by atoms with E-state index in [-0.39, 0.29) is 88.1 Å². The third-order valence-electron chi connectivity index (χ3n) is 9.96. The van der Waals surface area contributed by atoms with Gasteiger partial charge < -0.3 is 39.5 Å². The van der Waals surface area contributed by atoms with Crippen LogP contribution in [0.2, 0.25) is 0 Å². The van der Waals surface area contributed by atoms with E-state index >= 15 is 0 Å². The Kier molecular flexibility index (Phi) is 13.9. The Morgan fingerprint density at radius 2 is 1.68 bits per heavy atom. The number of carbonyl (C=O) groups is 6. The molecule has 2 saturated heterocycles. The topological polar surface area (TPSA) is 177 Å². The number of nitrogens with zero attached hydrogens (tertiary/aromatic N) is 4. The summed E-state index contributed by atoms with van der Waals surface area (Å²) in [6.45, 7) is 7.19. The second-order valence-corrected chi connectivity index (χ2v) is 13.8. The van der Waals surface area contributed by atoms with E-state index < -0.39 is 36.0 Å². The minimum Gasteiger partial charge on any atom is -0.483 e. The quantitative estimate of drug-likeness (QED) is 0.204. The molecule has 2 atom stereocenters. The van der Waals surface area contributed by atoms with Crippen molar-refractivity contribution in [2.24, 2.45) is 0 Å². The summed E-state index contributed by atoms with van der Waals surface area (Å²) in [6.07, 6.45) is 5.31. The molecule has 288 valence electrons. The summed E-state index contributed by atoms with van der Waals surface area (Å²) in [6, 6.07) is 5.44. The highest BCUT2D eigenvalue weighted by Gasteiger charge is 2.36. The van der Waals surface area contributed by atoms with Crippen LogP contribution in [0.15, 0.2) is 24.3 Å². The molecule has 1 saturated carbocycles. The molecule has 1 aromatic heterocycles. The zero-order valence-electron chi connectivity index (χ0n) is 31.0. The number of likely N-dealkylation sites (tertiary alicyclic amines) is 1. The summed E-state index contributed by atoms with van der Waals surface area (Å²) < 4.78 is 16.4. The molecule has 53 heavy (non-hydrogen) atoms. The maximum atomic E-state index is 13.9. The van der Waals surface area contributed by atoms with Gasteiger partial charge in [-0.2, -0.15) is 0 Å². The normalized spacial score (nSPS) is 17.9. The summed E-state index contributed by atoms with van der Waals surface area (Å²) >= 11 is 0. The summed E-state index contributed by atoms with van der Waals surface area (Å²) in [4.78, 5) is 88.0. The average Bonchev–Trinajstić information content (AvgIpc) is 3.64. The fourth-order valence-corrected chi connectivity index (χ4v) is 6.65. The molecular weight excluding hydrogens is 684 g/mol. The molecule has 2 N–H and O–H groups in total. The van der Waals surface area contributed by atoms with E-state index in [1.165, 1.54) is 11.0 Å². The van der Waals surface area contributed by atoms with Gasteiger partial charge in [-0.25, -0.2) is 9.78 Å². The number of piperazine rings is 1. The van der Waals surface area contributed by atoms with Gasteiger partial charge in [-0.3, -0.25) is 24.0 Å². The van der Waals surface area contributed by atoms with Crippen LogP contribution in [0.25, 0.3) is 10.9 Å². The lowest BCUT2D eigenvalue weighted by molar-refractivity contribution is -0.144. The standard InChI is InChI=1S/C38H52N6O9/c1-4-6-21-52-34(46)15-14-28(37(49)42-17-19-43(20-18-42)38(50)51-5-2)41-35(47)30-23-32(27-13-12-25(3)22-29(27)40-30)53-24-33(45)44-16-8-11-31(44)36(48)39-26-9-7-10-26/h12-13,22-23,26,28,31H,4-11,14-21,24H2,1-3H3,(H,39,48)(H,41,47). The fraction of sp³-hybridized carbons (Fsp3) is 0.605. The molecule has 5 amide bonds. The van der Waals surface area contributed by atoms with Crippen LogP contribution in [0.3, 0.4) is 0 Å². The van der Waals surface area contributed by atoms with E-state index in [1.54, 1.807) is 28.9 Å². The Morgan fingerprint density at radius 1 is 0.925 bits per heavy atom. The Morgan fingerprint density at radius 3 is 2.38 bits per heavy atom. The van der Waals surface area contributed by atoms with Crippen LogP contribution in [0.4, 0.5) is 4.79 Å². The first-order valence-corrected chi connectivity index (χ1v) is 18.9. The van der Waals surface area contributed by atoms with Crippen LogP contribution in [0.1, 0.15) is 87.7 Å². The molecule has 15 heteroatoms. The smallest absolute Gasteiger partial charge is 0.409 e. The van der Waals surface area contributed by atoms with E-state index in [1.807, 2.05) is 19.9 Å². The molecule has 2 unspecified atom stereocenters. The third-order valence-corrected chi connectivity index (χ3v) is 9.96. The number of aromatic nitrogens is 1. The highest BCUT2D eigenvalue weighted by Crippen LogP contribution is 2.28. The monoisotopic (exact) mass is 736 g/mol. The molecule has 0 spiro atoms. The number of amides is 5. The molecule has 3 heterocycles. The van der Waals surface area contributed by atoms with Crippen LogP contribution in [-0.4, -0.2) is 126 Å². The summed E-state index contributed by atoms with van der Waals surface area (Å²) in [5.74, 6) is -1.76. The summed E-state index contributed by atoms with van der Waals surface area (Å²) in [5, 5.41) is 6.42. The predicted octanol–water partition coefficient (Wildman–Crippen LogP) is 3.10. The van der Waals surface area contributed by atoms with Crippen molar-refractivity contribution in [1.29, 1.82) is 0 Å². The Balaban J connectivity index is 1.30. The Hall–Kier alpha value is -4.95. The number of ether oxygens (including phenoxy) is 3. The summed E-state index contributed by atoms with van der Waals surface area (Å²) in [7, 11) is 0. The number of hydrogen-bond donors (Lipinski definition) is 2. The van der Waals surface area contributed by atoms with Gasteiger partial charge in [0.2, 0.25) is 11.8 Å². The lowest BCUT2D eigenvalue weighted by Crippen LogP contribution is -2.56. The van der Waals surface area contributed by atoms with Crippen LogP contribution in [0, 0.1) is 6.92 Å². The molecule has 1 aliphatic carbocycles. The largest absolute Gasteiger partial charge is 0.483 e. The number of carbonyl (C=O) groups excluding carboxylic acids is 6. The van der Waals surface area contributed by atoms with Gasteiger partial charge in [0, 0.05) is 56.6 Å². The van der Waals surface area contributed by atoms with Gasteiger partial charge in [0.15, 0.2) is 6.61 Å². The van der Waals surface area contributed by atoms with Gasteiger partial charge in [-0.05, 0) is 76.5 Å². The maximum absolute atomic E-state index is 13.9. The van der Waals surface area contributed by atoms with Crippen LogP contribution >= 0.6 is 0 Å². The SMILES string of the molecule is CCCCOC(=O)CCC(NC(=O)c1cc(OCC(=O)N2CCCC2C(=O)NC2CCC2)c2ccc(C)cc2n1)C(=O)N1CCN(C(=O)OCC)CC1. The zero-order valence-corrected chi connectivity index (χ0v) is 31.0. The fourth-order valence-electron chi connectivity index (χ4n) is 6.65. The first kappa shape index (κ1) is 39.3. The van der Waals surface area contributed by atoms with E-state index in [0.717, 1.165) is 31.2 Å². The first-order valence-electron chi connectivity index (χ1n) is 18.9. The first-order chi connectivity index (χ1) is 25.6. The molecule has 3 aliphatic rings. The highest BCUT2D eigenvalue weighted by molar-refractivity contribution is 5.99. The van der Waals surface area contributed by atoms with Crippen molar-refractivity contribution in [2.45, 2.75) is 96.7 Å². The molecule has 2 aromatic rings. The number of unbranched alkanes of at least 4 members (excludes halogenated alkanes) is 1. The second-order valence-electron chi connectivity index (χ2n) is 13.8. The molecule has 0 radical (unpaired) electrons. The zero-order chi connectivity index (χ0) is 37.9. The lowest BCUT2D eigenvalue weighted by Gasteiger charge is -2.36. The maximum Gasteiger partial charge on any atom is 0.409 e. The van der Waals surface area contributed by atoms with Gasteiger partial charge >= 0.3 is 12.1 Å². The van der Waals surface area contributed by atoms with E-state index in [0.29, 0.717) is 36.7 Å². The minimum absolute atomic E-state index is 0.0104. The van der Waals surface area contributed by atoms with Gasteiger partial charge in [0.1, 0.15) is 23.5 Å². The molecule has 5 rings (SSSR count). The van der Waals surface area contributed by atoms with E-state index in [2.05, 4.69) is 15.6 Å². The predicted molar refractivity (Wildman–Crippen MR) is 194 cm³/mol. The van der Waals surface area contributed by atoms with Crippen LogP contribution in [0.5, 0.6) is 5.75 Å². The number of pyridine rings is 1. The highest BCUT2D eigenvalue weighted by atomic mass is 16.6. The Bertz CT molecular complexity index is 1660.